The molecule has 0 spiro atoms. The summed E-state index contributed by atoms with van der Waals surface area (Å²) in [4.78, 5) is 3.70. The monoisotopic (exact) mass is 653 g/mol. The van der Waals surface area contributed by atoms with Crippen LogP contribution in [0.5, 0.6) is 0 Å². The van der Waals surface area contributed by atoms with E-state index in [2.05, 4.69) is 23.2 Å². The third kappa shape index (κ3) is 4.38. The number of hydrogen-bond acceptors (Lipinski definition) is 1. The van der Waals surface area contributed by atoms with Gasteiger partial charge in [0.15, 0.2) is 17.5 Å². The zero-order chi connectivity index (χ0) is 33.6. The smallest absolute Gasteiger partial charge is 0.251 e. The van der Waals surface area contributed by atoms with E-state index in [0.29, 0.717) is 11.1 Å². The second kappa shape index (κ2) is 10.5. The van der Waals surface area contributed by atoms with Gasteiger partial charge in [-0.25, -0.2) is 13.2 Å². The minimum absolute atomic E-state index is 0.232. The molecule has 0 unspecified atom stereocenters. The molecule has 0 saturated carbocycles. The summed E-state index contributed by atoms with van der Waals surface area (Å²) in [7, 11) is 0. The van der Waals surface area contributed by atoms with E-state index >= 15 is 0 Å². The molecule has 0 aliphatic heterocycles. The van der Waals surface area contributed by atoms with Gasteiger partial charge in [-0.3, -0.25) is 4.98 Å². The van der Waals surface area contributed by atoms with Crippen LogP contribution in [-0.2, 0) is 6.18 Å². The van der Waals surface area contributed by atoms with Crippen molar-refractivity contribution in [3.8, 4) is 33.4 Å². The molecule has 0 radical (unpaired) electrons. The molecule has 1 nitrogen and oxygen atoms in total. The lowest BCUT2D eigenvalue weighted by Gasteiger charge is -2.20. The average molecular weight is 654 g/mol. The lowest BCUT2D eigenvalue weighted by atomic mass is 9.83. The Labute approximate surface area is 275 Å². The number of fused-ring (bicyclic) bond motifs is 2. The van der Waals surface area contributed by atoms with Gasteiger partial charge in [-0.15, -0.1) is 0 Å². The molecular weight excluding hydrogens is 632 g/mol. The van der Waals surface area contributed by atoms with Crippen LogP contribution in [0.25, 0.3) is 87.2 Å². The summed E-state index contributed by atoms with van der Waals surface area (Å²) in [5.74, 6) is -4.03. The third-order valence-corrected chi connectivity index (χ3v) is 9.50. The van der Waals surface area contributed by atoms with Gasteiger partial charge in [0, 0.05) is 11.8 Å². The Morgan fingerprint density at radius 3 is 1.45 bits per heavy atom. The average Bonchev–Trinajstić information content (AvgIpc) is 3.11. The van der Waals surface area contributed by atoms with Crippen LogP contribution in [0.3, 0.4) is 0 Å². The Morgan fingerprint density at radius 1 is 0.449 bits per heavy atom. The lowest BCUT2D eigenvalue weighted by Crippen LogP contribution is -2.07. The number of halogens is 6. The van der Waals surface area contributed by atoms with E-state index in [0.717, 1.165) is 88.8 Å². The van der Waals surface area contributed by atoms with Gasteiger partial charge >= 0.3 is 6.18 Å². The first-order chi connectivity index (χ1) is 23.7. The molecule has 1 aromatic heterocycles. The van der Waals surface area contributed by atoms with Crippen molar-refractivity contribution in [2.75, 3.05) is 0 Å². The van der Waals surface area contributed by atoms with E-state index in [4.69, 9.17) is 0 Å². The predicted molar refractivity (Wildman–Crippen MR) is 184 cm³/mol. The number of rotatable bonds is 3. The van der Waals surface area contributed by atoms with Gasteiger partial charge in [0.2, 0.25) is 0 Å². The van der Waals surface area contributed by atoms with Crippen LogP contribution in [0, 0.1) is 17.5 Å². The maximum atomic E-state index is 14.6. The van der Waals surface area contributed by atoms with Crippen LogP contribution in [0.4, 0.5) is 26.3 Å². The van der Waals surface area contributed by atoms with E-state index in [9.17, 15) is 26.3 Å². The summed E-state index contributed by atoms with van der Waals surface area (Å²) in [6.07, 6.45) is -3.27. The molecule has 7 heteroatoms. The molecule has 49 heavy (non-hydrogen) atoms. The zero-order valence-corrected chi connectivity index (χ0v) is 25.3. The number of nitrogens with zero attached hydrogens (tertiary/aromatic N) is 1. The van der Waals surface area contributed by atoms with Crippen molar-refractivity contribution in [1.29, 1.82) is 0 Å². The Kier molecular flexibility index (Phi) is 6.27. The van der Waals surface area contributed by atoms with Crippen LogP contribution >= 0.6 is 0 Å². The summed E-state index contributed by atoms with van der Waals surface area (Å²) in [6.45, 7) is 0. The number of hydrogen-bond donors (Lipinski definition) is 0. The Balaban J connectivity index is 1.35. The minimum Gasteiger partial charge on any atom is -0.251 e. The van der Waals surface area contributed by atoms with Gasteiger partial charge in [0.1, 0.15) is 5.69 Å². The molecule has 0 N–H and O–H groups in total. The topological polar surface area (TPSA) is 12.9 Å². The van der Waals surface area contributed by atoms with Crippen LogP contribution in [0.1, 0.15) is 5.69 Å². The normalized spacial score (nSPS) is 12.3. The van der Waals surface area contributed by atoms with Gasteiger partial charge < -0.3 is 0 Å². The summed E-state index contributed by atoms with van der Waals surface area (Å²) in [5.41, 5.74) is 3.11. The maximum Gasteiger partial charge on any atom is 0.433 e. The minimum atomic E-state index is -4.53. The quantitative estimate of drug-likeness (QED) is 0.0800. The number of alkyl halides is 3. The molecular formula is C42H21F6N. The van der Waals surface area contributed by atoms with E-state index < -0.39 is 29.3 Å². The third-order valence-electron chi connectivity index (χ3n) is 9.50. The molecule has 9 aromatic rings. The Hall–Kier alpha value is -5.95. The van der Waals surface area contributed by atoms with Crippen molar-refractivity contribution in [3.05, 3.63) is 151 Å². The largest absolute Gasteiger partial charge is 0.433 e. The van der Waals surface area contributed by atoms with E-state index in [1.54, 1.807) is 0 Å². The first-order valence-corrected chi connectivity index (χ1v) is 15.5. The van der Waals surface area contributed by atoms with Gasteiger partial charge in [-0.05, 0) is 99.9 Å². The molecule has 0 bridgehead atoms. The Bertz CT molecular complexity index is 2700. The summed E-state index contributed by atoms with van der Waals surface area (Å²) < 4.78 is 83.0. The van der Waals surface area contributed by atoms with Crippen LogP contribution in [-0.4, -0.2) is 4.98 Å². The van der Waals surface area contributed by atoms with E-state index in [-0.39, 0.29) is 5.56 Å². The first-order valence-electron chi connectivity index (χ1n) is 15.5. The predicted octanol–water partition coefficient (Wildman–Crippen LogP) is 12.7. The lowest BCUT2D eigenvalue weighted by molar-refractivity contribution is -0.141. The molecule has 0 fully saturated rings. The second-order valence-corrected chi connectivity index (χ2v) is 12.2. The fourth-order valence-electron chi connectivity index (χ4n) is 7.42. The van der Waals surface area contributed by atoms with Crippen molar-refractivity contribution in [1.82, 2.24) is 4.98 Å². The SMILES string of the molecule is Fc1cc(-c2c3ccccc3c(-c3ccc4ccc5c(-c6ccc(C(F)(F)F)nc6)ccc6ccc3c4c65)c3ccccc23)cc(F)c1F. The summed E-state index contributed by atoms with van der Waals surface area (Å²) in [5, 5.41) is 9.06. The van der Waals surface area contributed by atoms with Crippen molar-refractivity contribution in [3.63, 3.8) is 0 Å². The summed E-state index contributed by atoms with van der Waals surface area (Å²) in [6, 6.07) is 36.0. The highest BCUT2D eigenvalue weighted by Crippen LogP contribution is 2.48. The van der Waals surface area contributed by atoms with Crippen molar-refractivity contribution < 1.29 is 26.3 Å². The first kappa shape index (κ1) is 29.2. The van der Waals surface area contributed by atoms with E-state index in [1.807, 2.05) is 78.9 Å². The molecule has 9 rings (SSSR count). The van der Waals surface area contributed by atoms with Gasteiger partial charge in [-0.1, -0.05) is 103 Å². The molecule has 0 atom stereocenters. The van der Waals surface area contributed by atoms with Crippen molar-refractivity contribution >= 4 is 53.9 Å². The molecule has 236 valence electrons. The van der Waals surface area contributed by atoms with Crippen LogP contribution in [0.15, 0.2) is 128 Å². The Morgan fingerprint density at radius 2 is 0.939 bits per heavy atom. The van der Waals surface area contributed by atoms with Crippen molar-refractivity contribution in [2.45, 2.75) is 6.18 Å². The molecule has 0 aliphatic carbocycles. The molecule has 0 saturated heterocycles. The van der Waals surface area contributed by atoms with Gasteiger partial charge in [0.05, 0.1) is 0 Å². The molecule has 1 heterocycles. The van der Waals surface area contributed by atoms with Crippen LogP contribution in [0.2, 0.25) is 0 Å². The number of benzene rings is 8. The molecule has 0 aliphatic rings. The van der Waals surface area contributed by atoms with E-state index in [1.165, 1.54) is 12.3 Å². The standard InChI is InChI=1S/C42H21F6N/c43-34-19-25(20-35(44)41(34)45)37-27-5-1-3-7-29(27)40(30-8-4-2-6-28(30)37)33-17-12-23-10-15-31-26(24-13-18-36(49-21-24)42(46,47)48)14-9-22-11-16-32(33)39(23)38(22)31/h1-21H. The highest BCUT2D eigenvalue weighted by atomic mass is 19.4. The van der Waals surface area contributed by atoms with Gasteiger partial charge in [-0.2, -0.15) is 13.2 Å². The zero-order valence-electron chi connectivity index (χ0n) is 25.3. The van der Waals surface area contributed by atoms with Gasteiger partial charge in [0.25, 0.3) is 0 Å². The number of pyridine rings is 1. The highest BCUT2D eigenvalue weighted by Gasteiger charge is 2.32. The molecule has 0 amide bonds. The summed E-state index contributed by atoms with van der Waals surface area (Å²) >= 11 is 0. The fourth-order valence-corrected chi connectivity index (χ4v) is 7.42. The van der Waals surface area contributed by atoms with Crippen LogP contribution < -0.4 is 0 Å². The van der Waals surface area contributed by atoms with Crippen molar-refractivity contribution in [2.24, 2.45) is 0 Å². The molecule has 8 aromatic carbocycles. The second-order valence-electron chi connectivity index (χ2n) is 12.2. The fraction of sp³-hybridized carbons (Fsp3) is 0.0238. The highest BCUT2D eigenvalue weighted by molar-refractivity contribution is 6.30. The maximum absolute atomic E-state index is 14.6. The number of aromatic nitrogens is 1.